The van der Waals surface area contributed by atoms with E-state index in [0.717, 1.165) is 0 Å². The summed E-state index contributed by atoms with van der Waals surface area (Å²) in [5.41, 5.74) is 0.935. The summed E-state index contributed by atoms with van der Waals surface area (Å²) in [6.07, 6.45) is 0. The van der Waals surface area contributed by atoms with Crippen molar-refractivity contribution in [2.75, 3.05) is 19.5 Å². The lowest BCUT2D eigenvalue weighted by molar-refractivity contribution is -0.115. The van der Waals surface area contributed by atoms with Crippen LogP contribution in [-0.4, -0.2) is 34.9 Å². The van der Waals surface area contributed by atoms with Gasteiger partial charge in [-0.25, -0.2) is 4.98 Å². The number of amides is 1. The van der Waals surface area contributed by atoms with E-state index in [2.05, 4.69) is 10.3 Å². The van der Waals surface area contributed by atoms with Gasteiger partial charge in [0, 0.05) is 35.5 Å². The average Bonchev–Trinajstić information content (AvgIpc) is 2.76. The Morgan fingerprint density at radius 2 is 1.78 bits per heavy atom. The molecular weight excluding hydrogens is 450 g/mol. The van der Waals surface area contributed by atoms with Gasteiger partial charge >= 0.3 is 0 Å². The SMILES string of the molecule is COc1cc(NC(=O)C(C)Sc2nc3ccc(Cl)cc3c(=O)n2CC(C)C)cc(OC)c1. The maximum absolute atomic E-state index is 13.1. The van der Waals surface area contributed by atoms with Crippen LogP contribution in [0.1, 0.15) is 20.8 Å². The minimum atomic E-state index is -0.512. The zero-order valence-corrected chi connectivity index (χ0v) is 20.2. The van der Waals surface area contributed by atoms with E-state index in [1.807, 2.05) is 13.8 Å². The number of anilines is 1. The molecule has 0 saturated heterocycles. The van der Waals surface area contributed by atoms with Crippen LogP contribution >= 0.6 is 23.4 Å². The molecule has 0 aliphatic heterocycles. The Morgan fingerprint density at radius 3 is 2.38 bits per heavy atom. The molecule has 170 valence electrons. The summed E-state index contributed by atoms with van der Waals surface area (Å²) in [4.78, 5) is 30.7. The molecule has 1 atom stereocenters. The van der Waals surface area contributed by atoms with Gasteiger partial charge in [-0.15, -0.1) is 0 Å². The fraction of sp³-hybridized carbons (Fsp3) is 0.348. The Hall–Kier alpha value is -2.71. The van der Waals surface area contributed by atoms with Crippen molar-refractivity contribution in [3.05, 3.63) is 51.8 Å². The van der Waals surface area contributed by atoms with Gasteiger partial charge in [-0.1, -0.05) is 37.2 Å². The van der Waals surface area contributed by atoms with Gasteiger partial charge in [0.1, 0.15) is 11.5 Å². The lowest BCUT2D eigenvalue weighted by atomic mass is 10.2. The summed E-state index contributed by atoms with van der Waals surface area (Å²) >= 11 is 7.32. The number of thioether (sulfide) groups is 1. The average molecular weight is 476 g/mol. The molecule has 0 aliphatic rings. The molecule has 1 amide bonds. The van der Waals surface area contributed by atoms with Crippen molar-refractivity contribution in [1.29, 1.82) is 0 Å². The zero-order chi connectivity index (χ0) is 23.4. The van der Waals surface area contributed by atoms with Crippen LogP contribution in [0.3, 0.4) is 0 Å². The fourth-order valence-corrected chi connectivity index (χ4v) is 4.21. The van der Waals surface area contributed by atoms with Crippen molar-refractivity contribution in [2.24, 2.45) is 5.92 Å². The first-order valence-corrected chi connectivity index (χ1v) is 11.4. The molecule has 0 aliphatic carbocycles. The van der Waals surface area contributed by atoms with Crippen molar-refractivity contribution in [1.82, 2.24) is 9.55 Å². The molecule has 32 heavy (non-hydrogen) atoms. The number of carbonyl (C=O) groups is 1. The predicted octanol–water partition coefficient (Wildman–Crippen LogP) is 4.84. The molecule has 0 radical (unpaired) electrons. The molecule has 0 spiro atoms. The molecule has 0 saturated carbocycles. The van der Waals surface area contributed by atoms with E-state index in [1.54, 1.807) is 62.1 Å². The summed E-state index contributed by atoms with van der Waals surface area (Å²) in [6.45, 7) is 6.30. The minimum Gasteiger partial charge on any atom is -0.497 e. The zero-order valence-electron chi connectivity index (χ0n) is 18.6. The quantitative estimate of drug-likeness (QED) is 0.370. The fourth-order valence-electron chi connectivity index (χ4n) is 3.12. The summed E-state index contributed by atoms with van der Waals surface area (Å²) in [5.74, 6) is 1.13. The standard InChI is InChI=1S/C23H26ClN3O4S/c1-13(2)12-27-22(29)19-8-15(24)6-7-20(19)26-23(27)32-14(3)21(28)25-16-9-17(30-4)11-18(10-16)31-5/h6-11,13-14H,12H2,1-5H3,(H,25,28). The van der Waals surface area contributed by atoms with Gasteiger partial charge in [-0.2, -0.15) is 0 Å². The van der Waals surface area contributed by atoms with Gasteiger partial charge in [-0.3, -0.25) is 14.2 Å². The summed E-state index contributed by atoms with van der Waals surface area (Å²) in [6, 6.07) is 10.2. The Kier molecular flexibility index (Phi) is 7.69. The van der Waals surface area contributed by atoms with E-state index in [-0.39, 0.29) is 17.4 Å². The van der Waals surface area contributed by atoms with Gasteiger partial charge in [0.25, 0.3) is 5.56 Å². The van der Waals surface area contributed by atoms with Crippen LogP contribution in [0.2, 0.25) is 5.02 Å². The minimum absolute atomic E-state index is 0.168. The highest BCUT2D eigenvalue weighted by molar-refractivity contribution is 8.00. The van der Waals surface area contributed by atoms with Crippen LogP contribution in [0.4, 0.5) is 5.69 Å². The number of aromatic nitrogens is 2. The second-order valence-electron chi connectivity index (χ2n) is 7.72. The second-order valence-corrected chi connectivity index (χ2v) is 9.46. The molecule has 3 aromatic rings. The molecule has 1 unspecified atom stereocenters. The van der Waals surface area contributed by atoms with Crippen molar-refractivity contribution >= 4 is 45.9 Å². The summed E-state index contributed by atoms with van der Waals surface area (Å²) in [5, 5.41) is 3.80. The van der Waals surface area contributed by atoms with Gasteiger partial charge in [-0.05, 0) is 31.0 Å². The largest absolute Gasteiger partial charge is 0.497 e. The van der Waals surface area contributed by atoms with Crippen molar-refractivity contribution in [3.8, 4) is 11.5 Å². The molecule has 0 bridgehead atoms. The van der Waals surface area contributed by atoms with Gasteiger partial charge in [0.15, 0.2) is 5.16 Å². The number of rotatable bonds is 8. The number of nitrogens with one attached hydrogen (secondary N) is 1. The number of benzene rings is 2. The van der Waals surface area contributed by atoms with E-state index < -0.39 is 5.25 Å². The third-order valence-electron chi connectivity index (χ3n) is 4.70. The van der Waals surface area contributed by atoms with Gasteiger partial charge in [0.2, 0.25) is 5.91 Å². The van der Waals surface area contributed by atoms with Crippen LogP contribution in [0.5, 0.6) is 11.5 Å². The number of ether oxygens (including phenoxy) is 2. The van der Waals surface area contributed by atoms with E-state index in [0.29, 0.717) is 44.8 Å². The Morgan fingerprint density at radius 1 is 1.12 bits per heavy atom. The van der Waals surface area contributed by atoms with Gasteiger partial charge < -0.3 is 14.8 Å². The highest BCUT2D eigenvalue weighted by Crippen LogP contribution is 2.28. The normalized spacial score (nSPS) is 12.1. The van der Waals surface area contributed by atoms with Crippen molar-refractivity contribution < 1.29 is 14.3 Å². The highest BCUT2D eigenvalue weighted by Gasteiger charge is 2.21. The molecule has 1 aromatic heterocycles. The van der Waals surface area contributed by atoms with E-state index in [1.165, 1.54) is 11.8 Å². The number of carbonyl (C=O) groups excluding carboxylic acids is 1. The Bertz CT molecular complexity index is 1170. The number of hydrogen-bond acceptors (Lipinski definition) is 6. The number of methoxy groups -OCH3 is 2. The molecule has 3 rings (SSSR count). The third-order valence-corrected chi connectivity index (χ3v) is 6.02. The predicted molar refractivity (Wildman–Crippen MR) is 129 cm³/mol. The number of nitrogens with zero attached hydrogens (tertiary/aromatic N) is 2. The van der Waals surface area contributed by atoms with Crippen LogP contribution in [0.15, 0.2) is 46.3 Å². The second kappa shape index (κ2) is 10.3. The Balaban J connectivity index is 1.90. The number of hydrogen-bond donors (Lipinski definition) is 1. The molecule has 2 aromatic carbocycles. The summed E-state index contributed by atoms with van der Waals surface area (Å²) in [7, 11) is 3.09. The molecule has 7 nitrogen and oxygen atoms in total. The Labute approximate surface area is 196 Å². The topological polar surface area (TPSA) is 82.5 Å². The highest BCUT2D eigenvalue weighted by atomic mass is 35.5. The first kappa shape index (κ1) is 23.9. The smallest absolute Gasteiger partial charge is 0.262 e. The molecule has 9 heteroatoms. The molecular formula is C23H26ClN3O4S. The van der Waals surface area contributed by atoms with E-state index >= 15 is 0 Å². The first-order valence-electron chi connectivity index (χ1n) is 10.1. The first-order chi connectivity index (χ1) is 15.2. The van der Waals surface area contributed by atoms with Crippen LogP contribution in [0, 0.1) is 5.92 Å². The molecule has 1 heterocycles. The van der Waals surface area contributed by atoms with Crippen molar-refractivity contribution in [3.63, 3.8) is 0 Å². The van der Waals surface area contributed by atoms with Crippen LogP contribution < -0.4 is 20.3 Å². The lowest BCUT2D eigenvalue weighted by Crippen LogP contribution is -2.28. The number of halogens is 1. The van der Waals surface area contributed by atoms with E-state index in [9.17, 15) is 9.59 Å². The lowest BCUT2D eigenvalue weighted by Gasteiger charge is -2.18. The summed E-state index contributed by atoms with van der Waals surface area (Å²) < 4.78 is 12.1. The van der Waals surface area contributed by atoms with Crippen LogP contribution in [-0.2, 0) is 11.3 Å². The van der Waals surface area contributed by atoms with E-state index in [4.69, 9.17) is 21.1 Å². The van der Waals surface area contributed by atoms with Crippen LogP contribution in [0.25, 0.3) is 10.9 Å². The van der Waals surface area contributed by atoms with Crippen molar-refractivity contribution in [2.45, 2.75) is 37.7 Å². The monoisotopic (exact) mass is 475 g/mol. The maximum Gasteiger partial charge on any atom is 0.262 e. The number of fused-ring (bicyclic) bond motifs is 1. The molecule has 0 fully saturated rings. The third kappa shape index (κ3) is 5.55. The molecule has 1 N–H and O–H groups in total. The maximum atomic E-state index is 13.1. The van der Waals surface area contributed by atoms with Gasteiger partial charge in [0.05, 0.1) is 30.4 Å².